The number of anilines is 1. The van der Waals surface area contributed by atoms with Crippen molar-refractivity contribution in [3.63, 3.8) is 0 Å². The van der Waals surface area contributed by atoms with Crippen LogP contribution in [0.4, 0.5) is 5.69 Å². The van der Waals surface area contributed by atoms with Gasteiger partial charge in [-0.3, -0.25) is 4.79 Å². The molecule has 5 nitrogen and oxygen atoms in total. The maximum atomic E-state index is 12.3. The molecular formula is C15H19N3O2. The lowest BCUT2D eigenvalue weighted by Crippen LogP contribution is -2.17. The van der Waals surface area contributed by atoms with Gasteiger partial charge in [0.2, 0.25) is 0 Å². The van der Waals surface area contributed by atoms with E-state index in [0.29, 0.717) is 17.0 Å². The Morgan fingerprint density at radius 1 is 1.30 bits per heavy atom. The maximum Gasteiger partial charge on any atom is 0.261 e. The molecule has 1 aromatic carbocycles. The van der Waals surface area contributed by atoms with Gasteiger partial charge in [0.1, 0.15) is 11.3 Å². The molecule has 0 bridgehead atoms. The molecule has 1 amide bonds. The highest BCUT2D eigenvalue weighted by Gasteiger charge is 2.18. The molecule has 20 heavy (non-hydrogen) atoms. The number of amides is 1. The number of rotatable bonds is 4. The smallest absolute Gasteiger partial charge is 0.261 e. The molecule has 0 unspecified atom stereocenters. The van der Waals surface area contributed by atoms with E-state index in [0.717, 1.165) is 17.8 Å². The number of para-hydroxylation sites is 1. The average Bonchev–Trinajstić information content (AvgIpc) is 2.71. The van der Waals surface area contributed by atoms with Gasteiger partial charge in [0.15, 0.2) is 0 Å². The van der Waals surface area contributed by atoms with Crippen LogP contribution in [0.2, 0.25) is 0 Å². The van der Waals surface area contributed by atoms with Crippen molar-refractivity contribution < 1.29 is 9.32 Å². The van der Waals surface area contributed by atoms with E-state index in [-0.39, 0.29) is 5.91 Å². The fourth-order valence-electron chi connectivity index (χ4n) is 2.11. The van der Waals surface area contributed by atoms with Crippen LogP contribution < -0.4 is 5.32 Å². The van der Waals surface area contributed by atoms with Crippen molar-refractivity contribution in [2.75, 3.05) is 19.4 Å². The van der Waals surface area contributed by atoms with Crippen molar-refractivity contribution in [2.45, 2.75) is 20.4 Å². The first kappa shape index (κ1) is 14.3. The summed E-state index contributed by atoms with van der Waals surface area (Å²) in [6.07, 6.45) is 0. The summed E-state index contributed by atoms with van der Waals surface area (Å²) < 4.78 is 5.03. The summed E-state index contributed by atoms with van der Waals surface area (Å²) in [5.41, 5.74) is 2.98. The van der Waals surface area contributed by atoms with Crippen LogP contribution in [0.5, 0.6) is 0 Å². The van der Waals surface area contributed by atoms with E-state index in [9.17, 15) is 4.79 Å². The molecule has 106 valence electrons. The summed E-state index contributed by atoms with van der Waals surface area (Å²) in [6, 6.07) is 7.77. The van der Waals surface area contributed by atoms with Gasteiger partial charge in [-0.25, -0.2) is 0 Å². The first-order valence-electron chi connectivity index (χ1n) is 6.46. The van der Waals surface area contributed by atoms with E-state index >= 15 is 0 Å². The molecule has 0 radical (unpaired) electrons. The van der Waals surface area contributed by atoms with E-state index in [1.165, 1.54) is 0 Å². The van der Waals surface area contributed by atoms with Crippen LogP contribution in [-0.4, -0.2) is 30.1 Å². The number of nitrogens with one attached hydrogen (secondary N) is 1. The zero-order valence-electron chi connectivity index (χ0n) is 12.2. The van der Waals surface area contributed by atoms with Crippen LogP contribution in [0, 0.1) is 13.8 Å². The van der Waals surface area contributed by atoms with Crippen molar-refractivity contribution in [1.82, 2.24) is 10.1 Å². The van der Waals surface area contributed by atoms with Gasteiger partial charge < -0.3 is 14.7 Å². The first-order valence-corrected chi connectivity index (χ1v) is 6.46. The molecule has 1 heterocycles. The Labute approximate surface area is 118 Å². The van der Waals surface area contributed by atoms with Crippen LogP contribution >= 0.6 is 0 Å². The second-order valence-electron chi connectivity index (χ2n) is 5.05. The number of carbonyl (C=O) groups excluding carboxylic acids is 1. The normalized spacial score (nSPS) is 10.8. The summed E-state index contributed by atoms with van der Waals surface area (Å²) in [5.74, 6) is 0.345. The Kier molecular flexibility index (Phi) is 4.20. The fourth-order valence-corrected chi connectivity index (χ4v) is 2.11. The van der Waals surface area contributed by atoms with Crippen molar-refractivity contribution >= 4 is 11.6 Å². The topological polar surface area (TPSA) is 58.4 Å². The lowest BCUT2D eigenvalue weighted by atomic mass is 10.1. The summed E-state index contributed by atoms with van der Waals surface area (Å²) in [5, 5.41) is 6.74. The molecule has 2 aromatic rings. The third kappa shape index (κ3) is 3.05. The van der Waals surface area contributed by atoms with Crippen molar-refractivity contribution in [2.24, 2.45) is 0 Å². The monoisotopic (exact) mass is 273 g/mol. The van der Waals surface area contributed by atoms with Gasteiger partial charge in [-0.2, -0.15) is 0 Å². The summed E-state index contributed by atoms with van der Waals surface area (Å²) in [6.45, 7) is 4.26. The van der Waals surface area contributed by atoms with Gasteiger partial charge in [0.05, 0.1) is 5.69 Å². The second-order valence-corrected chi connectivity index (χ2v) is 5.05. The van der Waals surface area contributed by atoms with Gasteiger partial charge in [-0.05, 0) is 39.6 Å². The van der Waals surface area contributed by atoms with E-state index < -0.39 is 0 Å². The number of hydrogen-bond donors (Lipinski definition) is 1. The quantitative estimate of drug-likeness (QED) is 0.930. The largest absolute Gasteiger partial charge is 0.361 e. The molecule has 0 aliphatic heterocycles. The molecule has 0 saturated carbocycles. The molecule has 2 rings (SSSR count). The van der Waals surface area contributed by atoms with E-state index in [4.69, 9.17) is 4.52 Å². The predicted molar refractivity (Wildman–Crippen MR) is 77.8 cm³/mol. The lowest BCUT2D eigenvalue weighted by Gasteiger charge is -2.14. The lowest BCUT2D eigenvalue weighted by molar-refractivity contribution is 0.102. The molecule has 0 saturated heterocycles. The predicted octanol–water partition coefficient (Wildman–Crippen LogP) is 2.61. The van der Waals surface area contributed by atoms with Crippen LogP contribution in [0.3, 0.4) is 0 Å². The van der Waals surface area contributed by atoms with Gasteiger partial charge >= 0.3 is 0 Å². The maximum absolute atomic E-state index is 12.3. The molecular weight excluding hydrogens is 254 g/mol. The van der Waals surface area contributed by atoms with Crippen molar-refractivity contribution in [1.29, 1.82) is 0 Å². The molecule has 5 heteroatoms. The Hall–Kier alpha value is -2.14. The van der Waals surface area contributed by atoms with Crippen LogP contribution in [0.25, 0.3) is 0 Å². The molecule has 1 aromatic heterocycles. The van der Waals surface area contributed by atoms with Crippen LogP contribution in [0.1, 0.15) is 27.4 Å². The number of carbonyl (C=O) groups is 1. The number of hydrogen-bond acceptors (Lipinski definition) is 4. The highest BCUT2D eigenvalue weighted by atomic mass is 16.5. The van der Waals surface area contributed by atoms with Crippen molar-refractivity contribution in [3.05, 3.63) is 46.8 Å². The average molecular weight is 273 g/mol. The number of aryl methyl sites for hydroxylation is 2. The minimum atomic E-state index is -0.188. The molecule has 1 N–H and O–H groups in total. The van der Waals surface area contributed by atoms with Gasteiger partial charge in [-0.1, -0.05) is 23.4 Å². The highest BCUT2D eigenvalue weighted by molar-refractivity contribution is 6.06. The Balaban J connectivity index is 2.24. The van der Waals surface area contributed by atoms with Gasteiger partial charge in [0.25, 0.3) is 5.91 Å². The molecule has 0 aliphatic rings. The van der Waals surface area contributed by atoms with E-state index in [2.05, 4.69) is 15.4 Å². The SMILES string of the molecule is Cc1noc(C)c1C(=O)Nc1ccccc1CN(C)C. The number of benzene rings is 1. The Morgan fingerprint density at radius 3 is 2.60 bits per heavy atom. The second kappa shape index (κ2) is 5.88. The van der Waals surface area contributed by atoms with Crippen LogP contribution in [0.15, 0.2) is 28.8 Å². The van der Waals surface area contributed by atoms with Crippen LogP contribution in [-0.2, 0) is 6.54 Å². The standard InChI is InChI=1S/C15H19N3O2/c1-10-14(11(2)20-17-10)15(19)16-13-8-6-5-7-12(13)9-18(3)4/h5-8H,9H2,1-4H3,(H,16,19). The molecule has 0 aliphatic carbocycles. The molecule has 0 fully saturated rings. The summed E-state index contributed by atoms with van der Waals surface area (Å²) >= 11 is 0. The van der Waals surface area contributed by atoms with E-state index in [1.54, 1.807) is 13.8 Å². The third-order valence-electron chi connectivity index (χ3n) is 3.01. The zero-order valence-corrected chi connectivity index (χ0v) is 12.2. The molecule has 0 atom stereocenters. The molecule has 0 spiro atoms. The third-order valence-corrected chi connectivity index (χ3v) is 3.01. The number of aromatic nitrogens is 1. The van der Waals surface area contributed by atoms with Gasteiger partial charge in [-0.15, -0.1) is 0 Å². The first-order chi connectivity index (χ1) is 9.49. The Bertz CT molecular complexity index is 598. The number of nitrogens with zero attached hydrogens (tertiary/aromatic N) is 2. The van der Waals surface area contributed by atoms with Gasteiger partial charge in [0, 0.05) is 12.2 Å². The van der Waals surface area contributed by atoms with Crippen molar-refractivity contribution in [3.8, 4) is 0 Å². The van der Waals surface area contributed by atoms with E-state index in [1.807, 2.05) is 38.4 Å². The minimum absolute atomic E-state index is 0.188. The zero-order chi connectivity index (χ0) is 14.7. The highest BCUT2D eigenvalue weighted by Crippen LogP contribution is 2.19. The fraction of sp³-hybridized carbons (Fsp3) is 0.333. The minimum Gasteiger partial charge on any atom is -0.361 e. The summed E-state index contributed by atoms with van der Waals surface area (Å²) in [4.78, 5) is 14.4. The summed E-state index contributed by atoms with van der Waals surface area (Å²) in [7, 11) is 3.99. The Morgan fingerprint density at radius 2 is 2.00 bits per heavy atom.